The van der Waals surface area contributed by atoms with E-state index >= 15 is 0 Å². The third-order valence-corrected chi connectivity index (χ3v) is 5.61. The van der Waals surface area contributed by atoms with E-state index in [2.05, 4.69) is 66.3 Å². The Morgan fingerprint density at radius 2 is 1.95 bits per heavy atom. The van der Waals surface area contributed by atoms with E-state index in [4.69, 9.17) is 5.84 Å². The van der Waals surface area contributed by atoms with Gasteiger partial charge in [0.1, 0.15) is 0 Å². The second-order valence-electron chi connectivity index (χ2n) is 5.03. The third-order valence-electron chi connectivity index (χ3n) is 3.52. The molecule has 1 heterocycles. The van der Waals surface area contributed by atoms with Gasteiger partial charge in [0.05, 0.1) is 6.04 Å². The predicted octanol–water partition coefficient (Wildman–Crippen LogP) is 4.51. The van der Waals surface area contributed by atoms with Crippen LogP contribution in [0.15, 0.2) is 58.8 Å². The van der Waals surface area contributed by atoms with E-state index in [-0.39, 0.29) is 6.04 Å². The van der Waals surface area contributed by atoms with Gasteiger partial charge in [-0.05, 0) is 41.5 Å². The number of benzene rings is 2. The van der Waals surface area contributed by atoms with Crippen molar-refractivity contribution in [3.05, 3.63) is 65.0 Å². The largest absolute Gasteiger partial charge is 0.271 e. The minimum absolute atomic E-state index is 0.152. The van der Waals surface area contributed by atoms with Gasteiger partial charge < -0.3 is 0 Å². The minimum Gasteiger partial charge on any atom is -0.271 e. The van der Waals surface area contributed by atoms with Crippen LogP contribution in [0.5, 0.6) is 0 Å². The molecule has 2 nitrogen and oxygen atoms in total. The molecule has 0 radical (unpaired) electrons. The molecule has 21 heavy (non-hydrogen) atoms. The van der Waals surface area contributed by atoms with Crippen LogP contribution in [0.3, 0.4) is 0 Å². The van der Waals surface area contributed by atoms with E-state index in [0.29, 0.717) is 0 Å². The summed E-state index contributed by atoms with van der Waals surface area (Å²) in [6.07, 6.45) is 0. The number of thioether (sulfide) groups is 1. The first-order valence-electron chi connectivity index (χ1n) is 6.89. The number of rotatable bonds is 5. The van der Waals surface area contributed by atoms with Gasteiger partial charge in [-0.15, -0.1) is 23.1 Å². The summed E-state index contributed by atoms with van der Waals surface area (Å²) in [4.78, 5) is 1.28. The van der Waals surface area contributed by atoms with Crippen molar-refractivity contribution in [2.45, 2.75) is 17.9 Å². The van der Waals surface area contributed by atoms with E-state index in [1.54, 1.807) is 11.3 Å². The molecule has 3 aromatic rings. The number of nitrogens with one attached hydrogen (secondary N) is 1. The Labute approximate surface area is 133 Å². The van der Waals surface area contributed by atoms with E-state index < -0.39 is 0 Å². The molecule has 1 atom stereocenters. The molecule has 0 aliphatic carbocycles. The fourth-order valence-corrected chi connectivity index (χ4v) is 4.27. The van der Waals surface area contributed by atoms with Gasteiger partial charge in [0.2, 0.25) is 0 Å². The number of thiophene rings is 1. The molecule has 0 bridgehead atoms. The molecule has 108 valence electrons. The Hall–Kier alpha value is -1.33. The average molecular weight is 314 g/mol. The maximum atomic E-state index is 5.79. The molecule has 2 aromatic carbocycles. The van der Waals surface area contributed by atoms with Gasteiger partial charge in [-0.25, -0.2) is 0 Å². The Morgan fingerprint density at radius 1 is 1.14 bits per heavy atom. The molecule has 4 heteroatoms. The Morgan fingerprint density at radius 3 is 2.71 bits per heavy atom. The van der Waals surface area contributed by atoms with Crippen LogP contribution in [0, 0.1) is 6.92 Å². The SMILES string of the molecule is Cc1ccc(SCC(NN)c2cccc3ccsc23)cc1. The highest BCUT2D eigenvalue weighted by molar-refractivity contribution is 7.99. The van der Waals surface area contributed by atoms with Crippen molar-refractivity contribution < 1.29 is 0 Å². The highest BCUT2D eigenvalue weighted by Crippen LogP contribution is 2.32. The third kappa shape index (κ3) is 3.30. The first-order chi connectivity index (χ1) is 10.3. The molecule has 1 aromatic heterocycles. The summed E-state index contributed by atoms with van der Waals surface area (Å²) in [5, 5.41) is 3.42. The van der Waals surface area contributed by atoms with Crippen molar-refractivity contribution in [3.8, 4) is 0 Å². The standard InChI is InChI=1S/C17H18N2S2/c1-12-5-7-14(8-6-12)21-11-16(19-18)15-4-2-3-13-9-10-20-17(13)15/h2-10,16,19H,11,18H2,1H3. The molecular formula is C17H18N2S2. The van der Waals surface area contributed by atoms with Crippen LogP contribution in [-0.4, -0.2) is 5.75 Å². The maximum Gasteiger partial charge on any atom is 0.0568 e. The molecule has 0 aliphatic rings. The van der Waals surface area contributed by atoms with Crippen molar-refractivity contribution in [2.75, 3.05) is 5.75 Å². The second kappa shape index (κ2) is 6.62. The lowest BCUT2D eigenvalue weighted by Gasteiger charge is -2.17. The van der Waals surface area contributed by atoms with Crippen molar-refractivity contribution in [3.63, 3.8) is 0 Å². The molecule has 0 aliphatic heterocycles. The summed E-state index contributed by atoms with van der Waals surface area (Å²) in [5.74, 6) is 6.71. The normalized spacial score (nSPS) is 12.7. The first kappa shape index (κ1) is 14.6. The Kier molecular flexibility index (Phi) is 4.60. The molecule has 0 spiro atoms. The zero-order valence-electron chi connectivity index (χ0n) is 11.9. The highest BCUT2D eigenvalue weighted by atomic mass is 32.2. The van der Waals surface area contributed by atoms with Crippen LogP contribution >= 0.6 is 23.1 Å². The first-order valence-corrected chi connectivity index (χ1v) is 8.76. The summed E-state index contributed by atoms with van der Waals surface area (Å²) in [7, 11) is 0. The Bertz CT molecular complexity index is 719. The number of hydrogen-bond acceptors (Lipinski definition) is 4. The molecule has 1 unspecified atom stereocenters. The number of aryl methyl sites for hydroxylation is 1. The van der Waals surface area contributed by atoms with Gasteiger partial charge in [-0.1, -0.05) is 35.9 Å². The molecule has 0 saturated carbocycles. The van der Waals surface area contributed by atoms with Gasteiger partial charge >= 0.3 is 0 Å². The smallest absolute Gasteiger partial charge is 0.0568 e. The topological polar surface area (TPSA) is 38.0 Å². The van der Waals surface area contributed by atoms with Crippen molar-refractivity contribution in [2.24, 2.45) is 5.84 Å². The summed E-state index contributed by atoms with van der Waals surface area (Å²) in [6, 6.07) is 17.3. The van der Waals surface area contributed by atoms with Gasteiger partial charge in [0.15, 0.2) is 0 Å². The summed E-state index contributed by atoms with van der Waals surface area (Å²) >= 11 is 3.61. The van der Waals surface area contributed by atoms with Crippen LogP contribution in [0.2, 0.25) is 0 Å². The lowest BCUT2D eigenvalue weighted by molar-refractivity contribution is 0.615. The number of hydrazine groups is 1. The maximum absolute atomic E-state index is 5.79. The zero-order valence-corrected chi connectivity index (χ0v) is 13.5. The number of hydrogen-bond donors (Lipinski definition) is 2. The van der Waals surface area contributed by atoms with E-state index in [9.17, 15) is 0 Å². The summed E-state index contributed by atoms with van der Waals surface area (Å²) in [5.41, 5.74) is 5.54. The molecule has 0 amide bonds. The fourth-order valence-electron chi connectivity index (χ4n) is 2.33. The predicted molar refractivity (Wildman–Crippen MR) is 93.8 cm³/mol. The van der Waals surface area contributed by atoms with Crippen LogP contribution < -0.4 is 11.3 Å². The summed E-state index contributed by atoms with van der Waals surface area (Å²) < 4.78 is 1.32. The van der Waals surface area contributed by atoms with Gasteiger partial charge in [-0.2, -0.15) is 0 Å². The zero-order chi connectivity index (χ0) is 14.7. The van der Waals surface area contributed by atoms with Crippen molar-refractivity contribution in [1.29, 1.82) is 0 Å². The van der Waals surface area contributed by atoms with E-state index in [0.717, 1.165) is 5.75 Å². The number of nitrogens with two attached hydrogens (primary N) is 1. The molecule has 3 N–H and O–H groups in total. The lowest BCUT2D eigenvalue weighted by Crippen LogP contribution is -2.29. The van der Waals surface area contributed by atoms with Gasteiger partial charge in [0, 0.05) is 15.3 Å². The van der Waals surface area contributed by atoms with Crippen molar-refractivity contribution >= 4 is 33.2 Å². The van der Waals surface area contributed by atoms with Crippen LogP contribution in [0.4, 0.5) is 0 Å². The molecule has 0 saturated heterocycles. The minimum atomic E-state index is 0.152. The van der Waals surface area contributed by atoms with Gasteiger partial charge in [-0.3, -0.25) is 11.3 Å². The molecule has 0 fully saturated rings. The van der Waals surface area contributed by atoms with Crippen LogP contribution in [0.25, 0.3) is 10.1 Å². The molecule has 3 rings (SSSR count). The number of fused-ring (bicyclic) bond motifs is 1. The summed E-state index contributed by atoms with van der Waals surface area (Å²) in [6.45, 7) is 2.11. The van der Waals surface area contributed by atoms with Crippen LogP contribution in [0.1, 0.15) is 17.2 Å². The monoisotopic (exact) mass is 314 g/mol. The van der Waals surface area contributed by atoms with Gasteiger partial charge in [0.25, 0.3) is 0 Å². The quantitative estimate of drug-likeness (QED) is 0.413. The van der Waals surface area contributed by atoms with E-state index in [1.807, 2.05) is 11.8 Å². The van der Waals surface area contributed by atoms with Crippen molar-refractivity contribution in [1.82, 2.24) is 5.43 Å². The average Bonchev–Trinajstić information content (AvgIpc) is 2.99. The second-order valence-corrected chi connectivity index (χ2v) is 7.04. The van der Waals surface area contributed by atoms with E-state index in [1.165, 1.54) is 26.1 Å². The molecular weight excluding hydrogens is 296 g/mol. The van der Waals surface area contributed by atoms with Crippen LogP contribution in [-0.2, 0) is 0 Å². The highest BCUT2D eigenvalue weighted by Gasteiger charge is 2.14. The Balaban J connectivity index is 1.79. The lowest BCUT2D eigenvalue weighted by atomic mass is 10.1. The fraction of sp³-hybridized carbons (Fsp3) is 0.176.